The van der Waals surface area contributed by atoms with Crippen molar-refractivity contribution in [3.63, 3.8) is 0 Å². The summed E-state index contributed by atoms with van der Waals surface area (Å²) in [7, 11) is 0. The van der Waals surface area contributed by atoms with Crippen molar-refractivity contribution in [1.29, 1.82) is 0 Å². The lowest BCUT2D eigenvalue weighted by Gasteiger charge is -2.02. The molecule has 2 nitrogen and oxygen atoms in total. The highest BCUT2D eigenvalue weighted by Gasteiger charge is 2.21. The summed E-state index contributed by atoms with van der Waals surface area (Å²) in [5.41, 5.74) is 0. The minimum Gasteiger partial charge on any atom is -0.382 e. The molecular formula is C10H20O2. The normalized spacial score (nSPS) is 16.8. The van der Waals surface area contributed by atoms with Crippen LogP contribution in [0.15, 0.2) is 0 Å². The molecule has 1 aliphatic carbocycles. The minimum absolute atomic E-state index is 0.622. The molecule has 0 unspecified atom stereocenters. The first-order valence-electron chi connectivity index (χ1n) is 5.13. The Kier molecular flexibility index (Phi) is 5.37. The van der Waals surface area contributed by atoms with E-state index in [4.69, 9.17) is 9.47 Å². The second kappa shape index (κ2) is 6.44. The standard InChI is InChI=1S/C10H20O2/c1-2-11-8-4-3-5-9-12-10-6-7-10/h10H,2-9H2,1H3. The summed E-state index contributed by atoms with van der Waals surface area (Å²) in [4.78, 5) is 0. The second-order valence-corrected chi connectivity index (χ2v) is 3.33. The summed E-state index contributed by atoms with van der Waals surface area (Å²) in [6.07, 6.45) is 6.83. The topological polar surface area (TPSA) is 18.5 Å². The van der Waals surface area contributed by atoms with E-state index in [0.717, 1.165) is 19.8 Å². The Morgan fingerprint density at radius 2 is 1.83 bits per heavy atom. The van der Waals surface area contributed by atoms with Crippen molar-refractivity contribution in [2.24, 2.45) is 0 Å². The van der Waals surface area contributed by atoms with Gasteiger partial charge in [0.05, 0.1) is 6.10 Å². The average molecular weight is 172 g/mol. The molecule has 1 fully saturated rings. The molecule has 0 aromatic heterocycles. The quantitative estimate of drug-likeness (QED) is 0.523. The Balaban J connectivity index is 1.65. The lowest BCUT2D eigenvalue weighted by atomic mass is 10.2. The fourth-order valence-electron chi connectivity index (χ4n) is 1.11. The van der Waals surface area contributed by atoms with E-state index in [9.17, 15) is 0 Å². The molecule has 0 aromatic rings. The van der Waals surface area contributed by atoms with Crippen LogP contribution < -0.4 is 0 Å². The maximum absolute atomic E-state index is 5.52. The number of rotatable bonds is 8. The Morgan fingerprint density at radius 1 is 1.08 bits per heavy atom. The molecule has 12 heavy (non-hydrogen) atoms. The molecule has 0 atom stereocenters. The van der Waals surface area contributed by atoms with Crippen molar-refractivity contribution >= 4 is 0 Å². The highest BCUT2D eigenvalue weighted by atomic mass is 16.5. The Bertz CT molecular complexity index is 100. The van der Waals surface area contributed by atoms with Gasteiger partial charge in [0, 0.05) is 19.8 Å². The summed E-state index contributed by atoms with van der Waals surface area (Å²) in [6.45, 7) is 4.76. The monoisotopic (exact) mass is 172 g/mol. The van der Waals surface area contributed by atoms with E-state index < -0.39 is 0 Å². The fourth-order valence-corrected chi connectivity index (χ4v) is 1.11. The van der Waals surface area contributed by atoms with Gasteiger partial charge in [0.25, 0.3) is 0 Å². The summed E-state index contributed by atoms with van der Waals surface area (Å²) < 4.78 is 10.8. The molecule has 0 bridgehead atoms. The van der Waals surface area contributed by atoms with Crippen LogP contribution >= 0.6 is 0 Å². The van der Waals surface area contributed by atoms with Crippen molar-refractivity contribution < 1.29 is 9.47 Å². The summed E-state index contributed by atoms with van der Waals surface area (Å²) in [6, 6.07) is 0. The first-order valence-corrected chi connectivity index (χ1v) is 5.13. The molecule has 0 spiro atoms. The van der Waals surface area contributed by atoms with Crippen LogP contribution in [0, 0.1) is 0 Å². The Hall–Kier alpha value is -0.0800. The third-order valence-electron chi connectivity index (χ3n) is 2.02. The third-order valence-corrected chi connectivity index (χ3v) is 2.02. The van der Waals surface area contributed by atoms with Gasteiger partial charge in [-0.25, -0.2) is 0 Å². The van der Waals surface area contributed by atoms with Crippen LogP contribution in [-0.2, 0) is 9.47 Å². The molecule has 0 aromatic carbocycles. The minimum atomic E-state index is 0.622. The van der Waals surface area contributed by atoms with Crippen LogP contribution in [0.5, 0.6) is 0 Å². The SMILES string of the molecule is CCOCCCCCOC1CC1. The van der Waals surface area contributed by atoms with Gasteiger partial charge in [0.15, 0.2) is 0 Å². The highest BCUT2D eigenvalue weighted by Crippen LogP contribution is 2.23. The number of hydrogen-bond donors (Lipinski definition) is 0. The highest BCUT2D eigenvalue weighted by molar-refractivity contribution is 4.72. The van der Waals surface area contributed by atoms with E-state index in [1.165, 1.54) is 32.1 Å². The Morgan fingerprint density at radius 3 is 2.50 bits per heavy atom. The van der Waals surface area contributed by atoms with E-state index in [0.29, 0.717) is 6.10 Å². The summed E-state index contributed by atoms with van der Waals surface area (Å²) in [5, 5.41) is 0. The van der Waals surface area contributed by atoms with Gasteiger partial charge in [-0.3, -0.25) is 0 Å². The average Bonchev–Trinajstić information content (AvgIpc) is 2.87. The van der Waals surface area contributed by atoms with Crippen molar-refractivity contribution in [2.45, 2.75) is 45.1 Å². The van der Waals surface area contributed by atoms with E-state index in [-0.39, 0.29) is 0 Å². The molecule has 1 saturated carbocycles. The molecule has 0 aliphatic heterocycles. The van der Waals surface area contributed by atoms with Crippen molar-refractivity contribution in [3.05, 3.63) is 0 Å². The predicted octanol–water partition coefficient (Wildman–Crippen LogP) is 2.37. The fraction of sp³-hybridized carbons (Fsp3) is 1.00. The van der Waals surface area contributed by atoms with Gasteiger partial charge < -0.3 is 9.47 Å². The summed E-state index contributed by atoms with van der Waals surface area (Å²) in [5.74, 6) is 0. The van der Waals surface area contributed by atoms with Crippen molar-refractivity contribution in [3.8, 4) is 0 Å². The van der Waals surface area contributed by atoms with E-state index in [2.05, 4.69) is 0 Å². The summed E-state index contributed by atoms with van der Waals surface area (Å²) >= 11 is 0. The van der Waals surface area contributed by atoms with Crippen LogP contribution in [-0.4, -0.2) is 25.9 Å². The zero-order chi connectivity index (χ0) is 8.65. The molecule has 0 amide bonds. The lowest BCUT2D eigenvalue weighted by Crippen LogP contribution is -1.98. The van der Waals surface area contributed by atoms with Gasteiger partial charge in [-0.1, -0.05) is 0 Å². The van der Waals surface area contributed by atoms with Crippen LogP contribution in [0.4, 0.5) is 0 Å². The number of ether oxygens (including phenoxy) is 2. The zero-order valence-electron chi connectivity index (χ0n) is 8.05. The molecule has 0 saturated heterocycles. The zero-order valence-corrected chi connectivity index (χ0v) is 8.05. The first-order chi connectivity index (χ1) is 5.93. The molecule has 72 valence electrons. The number of hydrogen-bond acceptors (Lipinski definition) is 2. The van der Waals surface area contributed by atoms with Gasteiger partial charge in [-0.05, 0) is 39.0 Å². The predicted molar refractivity (Wildman–Crippen MR) is 49.3 cm³/mol. The van der Waals surface area contributed by atoms with Gasteiger partial charge in [-0.2, -0.15) is 0 Å². The van der Waals surface area contributed by atoms with Crippen molar-refractivity contribution in [1.82, 2.24) is 0 Å². The van der Waals surface area contributed by atoms with Gasteiger partial charge >= 0.3 is 0 Å². The second-order valence-electron chi connectivity index (χ2n) is 3.33. The molecule has 1 rings (SSSR count). The molecule has 2 heteroatoms. The Labute approximate surface area is 75.2 Å². The largest absolute Gasteiger partial charge is 0.382 e. The molecule has 0 N–H and O–H groups in total. The van der Waals surface area contributed by atoms with Gasteiger partial charge in [0.1, 0.15) is 0 Å². The molecule has 0 radical (unpaired) electrons. The van der Waals surface area contributed by atoms with Gasteiger partial charge in [0.2, 0.25) is 0 Å². The smallest absolute Gasteiger partial charge is 0.0577 e. The first kappa shape index (κ1) is 10.0. The van der Waals surface area contributed by atoms with Crippen LogP contribution in [0.25, 0.3) is 0 Å². The molecular weight excluding hydrogens is 152 g/mol. The van der Waals surface area contributed by atoms with Crippen LogP contribution in [0.3, 0.4) is 0 Å². The van der Waals surface area contributed by atoms with Crippen LogP contribution in [0.2, 0.25) is 0 Å². The lowest BCUT2D eigenvalue weighted by molar-refractivity contribution is 0.109. The maximum Gasteiger partial charge on any atom is 0.0577 e. The van der Waals surface area contributed by atoms with E-state index >= 15 is 0 Å². The van der Waals surface area contributed by atoms with E-state index in [1.807, 2.05) is 6.92 Å². The molecule has 0 heterocycles. The maximum atomic E-state index is 5.52. The van der Waals surface area contributed by atoms with Crippen LogP contribution in [0.1, 0.15) is 39.0 Å². The number of unbranched alkanes of at least 4 members (excludes halogenated alkanes) is 2. The molecule has 1 aliphatic rings. The third kappa shape index (κ3) is 5.56. The van der Waals surface area contributed by atoms with Gasteiger partial charge in [-0.15, -0.1) is 0 Å². The van der Waals surface area contributed by atoms with E-state index in [1.54, 1.807) is 0 Å². The van der Waals surface area contributed by atoms with Crippen molar-refractivity contribution in [2.75, 3.05) is 19.8 Å².